The maximum atomic E-state index is 12.1. The molecule has 0 unspecified atom stereocenters. The third-order valence-electron chi connectivity index (χ3n) is 4.34. The van der Waals surface area contributed by atoms with Gasteiger partial charge in [-0.3, -0.25) is 14.8 Å². The Balaban J connectivity index is 1.59. The van der Waals surface area contributed by atoms with Crippen molar-refractivity contribution in [3.8, 4) is 6.07 Å². The molecule has 128 valence electrons. The Bertz CT molecular complexity index is 838. The molecule has 2 aromatic rings. The Kier molecular flexibility index (Phi) is 4.89. The van der Waals surface area contributed by atoms with Gasteiger partial charge in [0, 0.05) is 12.4 Å². The summed E-state index contributed by atoms with van der Waals surface area (Å²) >= 11 is 0. The van der Waals surface area contributed by atoms with Crippen LogP contribution in [0.5, 0.6) is 0 Å². The van der Waals surface area contributed by atoms with E-state index in [0.29, 0.717) is 29.4 Å². The molecule has 1 amide bonds. The average Bonchev–Trinajstić information content (AvgIpc) is 2.66. The van der Waals surface area contributed by atoms with E-state index in [1.165, 1.54) is 6.20 Å². The van der Waals surface area contributed by atoms with Crippen molar-refractivity contribution in [1.29, 1.82) is 5.26 Å². The van der Waals surface area contributed by atoms with E-state index in [0.717, 1.165) is 19.3 Å². The summed E-state index contributed by atoms with van der Waals surface area (Å²) in [5.74, 6) is -1.07. The maximum Gasteiger partial charge on any atom is 0.338 e. The first kappa shape index (κ1) is 16.8. The summed E-state index contributed by atoms with van der Waals surface area (Å²) in [7, 11) is 0. The van der Waals surface area contributed by atoms with Crippen LogP contribution in [0.15, 0.2) is 30.6 Å². The van der Waals surface area contributed by atoms with Crippen LogP contribution in [0.2, 0.25) is 0 Å². The van der Waals surface area contributed by atoms with Gasteiger partial charge >= 0.3 is 5.97 Å². The van der Waals surface area contributed by atoms with E-state index in [1.807, 2.05) is 0 Å². The lowest BCUT2D eigenvalue weighted by Gasteiger charge is -2.31. The number of nitrogens with zero attached hydrogens (tertiary/aromatic N) is 3. The molecule has 0 saturated heterocycles. The van der Waals surface area contributed by atoms with Crippen LogP contribution in [0.4, 0.5) is 0 Å². The largest absolute Gasteiger partial charge is 0.452 e. The van der Waals surface area contributed by atoms with Gasteiger partial charge in [0.15, 0.2) is 6.61 Å². The Morgan fingerprint density at radius 3 is 2.60 bits per heavy atom. The molecule has 1 aromatic heterocycles. The molecule has 1 N–H and O–H groups in total. The van der Waals surface area contributed by atoms with Gasteiger partial charge in [0.2, 0.25) is 0 Å². The van der Waals surface area contributed by atoms with E-state index < -0.39 is 24.0 Å². The second-order valence-electron chi connectivity index (χ2n) is 6.14. The molecular formula is C18H18N4O3. The van der Waals surface area contributed by atoms with Gasteiger partial charge in [-0.25, -0.2) is 4.79 Å². The third kappa shape index (κ3) is 3.91. The smallest absolute Gasteiger partial charge is 0.338 e. The molecule has 1 heterocycles. The number of esters is 1. The van der Waals surface area contributed by atoms with Crippen molar-refractivity contribution in [2.45, 2.75) is 37.6 Å². The molecule has 0 atom stereocenters. The van der Waals surface area contributed by atoms with Crippen LogP contribution in [-0.2, 0) is 9.53 Å². The lowest BCUT2D eigenvalue weighted by molar-refractivity contribution is -0.125. The van der Waals surface area contributed by atoms with Gasteiger partial charge in [0.25, 0.3) is 5.91 Å². The van der Waals surface area contributed by atoms with Crippen LogP contribution in [-0.4, -0.2) is 34.0 Å². The molecular weight excluding hydrogens is 320 g/mol. The number of rotatable bonds is 4. The number of benzene rings is 1. The van der Waals surface area contributed by atoms with Crippen LogP contribution >= 0.6 is 0 Å². The van der Waals surface area contributed by atoms with E-state index in [9.17, 15) is 14.9 Å². The van der Waals surface area contributed by atoms with E-state index in [-0.39, 0.29) is 0 Å². The fraction of sp³-hybridized carbons (Fsp3) is 0.389. The fourth-order valence-electron chi connectivity index (χ4n) is 3.03. The number of fused-ring (bicyclic) bond motifs is 1. The summed E-state index contributed by atoms with van der Waals surface area (Å²) in [6.45, 7) is -0.416. The van der Waals surface area contributed by atoms with Gasteiger partial charge in [0.05, 0.1) is 22.7 Å². The zero-order chi connectivity index (χ0) is 17.7. The second kappa shape index (κ2) is 7.26. The fourth-order valence-corrected chi connectivity index (χ4v) is 3.03. The monoisotopic (exact) mass is 338 g/mol. The molecule has 7 heteroatoms. The molecule has 0 aliphatic heterocycles. The van der Waals surface area contributed by atoms with Gasteiger partial charge in [-0.05, 0) is 31.0 Å². The first-order valence-electron chi connectivity index (χ1n) is 8.22. The van der Waals surface area contributed by atoms with Gasteiger partial charge in [0.1, 0.15) is 5.54 Å². The van der Waals surface area contributed by atoms with Crippen molar-refractivity contribution >= 4 is 22.9 Å². The maximum absolute atomic E-state index is 12.1. The predicted molar refractivity (Wildman–Crippen MR) is 89.4 cm³/mol. The Morgan fingerprint density at radius 1 is 1.16 bits per heavy atom. The molecule has 0 bridgehead atoms. The number of ether oxygens (including phenoxy) is 1. The van der Waals surface area contributed by atoms with Crippen LogP contribution in [0.3, 0.4) is 0 Å². The summed E-state index contributed by atoms with van der Waals surface area (Å²) in [6.07, 6.45) is 7.26. The minimum absolute atomic E-state index is 0.300. The first-order chi connectivity index (χ1) is 12.1. The molecule has 3 rings (SSSR count). The van der Waals surface area contributed by atoms with Crippen molar-refractivity contribution in [2.75, 3.05) is 6.61 Å². The summed E-state index contributed by atoms with van der Waals surface area (Å²) in [4.78, 5) is 32.4. The van der Waals surface area contributed by atoms with Crippen molar-refractivity contribution in [1.82, 2.24) is 15.3 Å². The van der Waals surface area contributed by atoms with Crippen LogP contribution in [0.1, 0.15) is 42.5 Å². The molecule has 25 heavy (non-hydrogen) atoms. The molecule has 1 aliphatic carbocycles. The van der Waals surface area contributed by atoms with Gasteiger partial charge in [-0.1, -0.05) is 19.3 Å². The van der Waals surface area contributed by atoms with Crippen LogP contribution in [0, 0.1) is 11.3 Å². The van der Waals surface area contributed by atoms with E-state index in [2.05, 4.69) is 21.4 Å². The highest BCUT2D eigenvalue weighted by molar-refractivity contribution is 5.94. The highest BCUT2D eigenvalue weighted by atomic mass is 16.5. The van der Waals surface area contributed by atoms with E-state index in [4.69, 9.17) is 4.74 Å². The topological polar surface area (TPSA) is 105 Å². The highest BCUT2D eigenvalue weighted by Gasteiger charge is 2.33. The van der Waals surface area contributed by atoms with Crippen molar-refractivity contribution in [3.63, 3.8) is 0 Å². The summed E-state index contributed by atoms with van der Waals surface area (Å²) in [5.41, 5.74) is 0.714. The number of carbonyl (C=O) groups is 2. The number of hydrogen-bond acceptors (Lipinski definition) is 6. The normalized spacial score (nSPS) is 16.0. The first-order valence-corrected chi connectivity index (χ1v) is 8.22. The SMILES string of the molecule is N#CC1(NC(=O)COC(=O)c2ccc3nccnc3c2)CCCCC1. The predicted octanol–water partition coefficient (Wildman–Crippen LogP) is 2.13. The number of nitrogens with one attached hydrogen (secondary N) is 1. The number of carbonyl (C=O) groups excluding carboxylic acids is 2. The average molecular weight is 338 g/mol. The quantitative estimate of drug-likeness (QED) is 0.856. The third-order valence-corrected chi connectivity index (χ3v) is 4.34. The van der Waals surface area contributed by atoms with Gasteiger partial charge in [-0.2, -0.15) is 5.26 Å². The van der Waals surface area contributed by atoms with Gasteiger partial charge in [-0.15, -0.1) is 0 Å². The standard InChI is InChI=1S/C18H18N4O3/c19-12-18(6-2-1-3-7-18)22-16(23)11-25-17(24)13-4-5-14-15(10-13)21-9-8-20-14/h4-5,8-10H,1-3,6-7,11H2,(H,22,23). The number of amides is 1. The van der Waals surface area contributed by atoms with Crippen molar-refractivity contribution in [3.05, 3.63) is 36.2 Å². The molecule has 7 nitrogen and oxygen atoms in total. The van der Waals surface area contributed by atoms with Crippen molar-refractivity contribution < 1.29 is 14.3 Å². The summed E-state index contributed by atoms with van der Waals surface area (Å²) < 4.78 is 5.06. The number of nitriles is 1. The zero-order valence-electron chi connectivity index (χ0n) is 13.7. The number of hydrogen-bond donors (Lipinski definition) is 1. The zero-order valence-corrected chi connectivity index (χ0v) is 13.7. The second-order valence-corrected chi connectivity index (χ2v) is 6.14. The van der Waals surface area contributed by atoms with Crippen LogP contribution < -0.4 is 5.32 Å². The summed E-state index contributed by atoms with van der Waals surface area (Å²) in [5, 5.41) is 12.1. The molecule has 0 spiro atoms. The lowest BCUT2D eigenvalue weighted by Crippen LogP contribution is -2.50. The number of aromatic nitrogens is 2. The summed E-state index contributed by atoms with van der Waals surface area (Å²) in [6, 6.07) is 7.02. The lowest BCUT2D eigenvalue weighted by atomic mass is 9.83. The Labute approximate surface area is 145 Å². The van der Waals surface area contributed by atoms with Crippen LogP contribution in [0.25, 0.3) is 11.0 Å². The minimum atomic E-state index is -0.833. The molecule has 1 fully saturated rings. The minimum Gasteiger partial charge on any atom is -0.452 e. The highest BCUT2D eigenvalue weighted by Crippen LogP contribution is 2.27. The molecule has 1 saturated carbocycles. The molecule has 0 radical (unpaired) electrons. The van der Waals surface area contributed by atoms with Gasteiger partial charge < -0.3 is 10.1 Å². The van der Waals surface area contributed by atoms with E-state index >= 15 is 0 Å². The van der Waals surface area contributed by atoms with E-state index in [1.54, 1.807) is 24.4 Å². The Hall–Kier alpha value is -3.01. The molecule has 1 aromatic carbocycles. The van der Waals surface area contributed by atoms with Crippen molar-refractivity contribution in [2.24, 2.45) is 0 Å². The molecule has 1 aliphatic rings. The Morgan fingerprint density at radius 2 is 1.88 bits per heavy atom.